The van der Waals surface area contributed by atoms with Crippen LogP contribution in [0.25, 0.3) is 22.8 Å². The van der Waals surface area contributed by atoms with E-state index in [1.54, 1.807) is 12.4 Å². The van der Waals surface area contributed by atoms with Crippen molar-refractivity contribution in [3.8, 4) is 22.8 Å². The molecule has 0 aliphatic carbocycles. The minimum atomic E-state index is 0.507. The first-order chi connectivity index (χ1) is 10.3. The fourth-order valence-electron chi connectivity index (χ4n) is 2.17. The molecule has 0 fully saturated rings. The maximum Gasteiger partial charge on any atom is 0.258 e. The standard InChI is InChI=1S/C16H16N4O/c1-11-6-8-18-10-14(11)15-19-16(21-20-15)13-4-2-3-12(9-13)5-7-17/h2-4,6,8-10H,5,7,17H2,1H3. The molecular formula is C16H16N4O. The van der Waals surface area contributed by atoms with Crippen molar-refractivity contribution in [1.29, 1.82) is 0 Å². The van der Waals surface area contributed by atoms with Gasteiger partial charge in [-0.2, -0.15) is 4.98 Å². The third-order valence-electron chi connectivity index (χ3n) is 3.31. The van der Waals surface area contributed by atoms with Crippen molar-refractivity contribution >= 4 is 0 Å². The molecule has 0 amide bonds. The summed E-state index contributed by atoms with van der Waals surface area (Å²) in [6.07, 6.45) is 4.32. The van der Waals surface area contributed by atoms with Gasteiger partial charge in [0.15, 0.2) is 0 Å². The summed E-state index contributed by atoms with van der Waals surface area (Å²) in [6.45, 7) is 2.61. The van der Waals surface area contributed by atoms with E-state index in [1.165, 1.54) is 0 Å². The van der Waals surface area contributed by atoms with Gasteiger partial charge in [0, 0.05) is 23.5 Å². The van der Waals surface area contributed by atoms with Crippen LogP contribution in [0.1, 0.15) is 11.1 Å². The summed E-state index contributed by atoms with van der Waals surface area (Å²) in [4.78, 5) is 8.57. The van der Waals surface area contributed by atoms with Gasteiger partial charge in [-0.3, -0.25) is 4.98 Å². The largest absolute Gasteiger partial charge is 0.334 e. The molecule has 3 rings (SSSR count). The average molecular weight is 280 g/mol. The Bertz CT molecular complexity index is 751. The maximum absolute atomic E-state index is 5.59. The van der Waals surface area contributed by atoms with E-state index in [0.717, 1.165) is 28.7 Å². The van der Waals surface area contributed by atoms with Crippen LogP contribution in [-0.4, -0.2) is 21.7 Å². The summed E-state index contributed by atoms with van der Waals surface area (Å²) in [5, 5.41) is 4.05. The van der Waals surface area contributed by atoms with E-state index in [4.69, 9.17) is 10.3 Å². The number of hydrogen-bond donors (Lipinski definition) is 1. The van der Waals surface area contributed by atoms with E-state index in [0.29, 0.717) is 18.3 Å². The van der Waals surface area contributed by atoms with Crippen molar-refractivity contribution in [1.82, 2.24) is 15.1 Å². The summed E-state index contributed by atoms with van der Waals surface area (Å²) >= 11 is 0. The van der Waals surface area contributed by atoms with Crippen molar-refractivity contribution in [2.75, 3.05) is 6.54 Å². The van der Waals surface area contributed by atoms with E-state index < -0.39 is 0 Å². The first-order valence-electron chi connectivity index (χ1n) is 6.82. The SMILES string of the molecule is Cc1ccncc1-c1noc(-c2cccc(CCN)c2)n1. The second-order valence-electron chi connectivity index (χ2n) is 4.85. The lowest BCUT2D eigenvalue weighted by Gasteiger charge is -2.00. The molecule has 0 unspecified atom stereocenters. The highest BCUT2D eigenvalue weighted by molar-refractivity contribution is 5.62. The number of aryl methyl sites for hydroxylation is 1. The summed E-state index contributed by atoms with van der Waals surface area (Å²) in [6, 6.07) is 9.92. The molecule has 2 N–H and O–H groups in total. The molecule has 0 atom stereocenters. The average Bonchev–Trinajstić information content (AvgIpc) is 2.98. The van der Waals surface area contributed by atoms with Gasteiger partial charge in [-0.15, -0.1) is 0 Å². The number of nitrogens with two attached hydrogens (primary N) is 1. The number of benzene rings is 1. The quantitative estimate of drug-likeness (QED) is 0.794. The minimum Gasteiger partial charge on any atom is -0.334 e. The number of rotatable bonds is 4. The van der Waals surface area contributed by atoms with Crippen molar-refractivity contribution < 1.29 is 4.52 Å². The molecule has 0 bridgehead atoms. The zero-order valence-corrected chi connectivity index (χ0v) is 11.8. The molecule has 21 heavy (non-hydrogen) atoms. The zero-order valence-electron chi connectivity index (χ0n) is 11.8. The predicted molar refractivity (Wildman–Crippen MR) is 80.5 cm³/mol. The Labute approximate surface area is 122 Å². The van der Waals surface area contributed by atoms with Crippen molar-refractivity contribution in [2.45, 2.75) is 13.3 Å². The fourth-order valence-corrected chi connectivity index (χ4v) is 2.17. The van der Waals surface area contributed by atoms with Gasteiger partial charge in [0.2, 0.25) is 5.82 Å². The highest BCUT2D eigenvalue weighted by Gasteiger charge is 2.12. The smallest absolute Gasteiger partial charge is 0.258 e. The molecule has 2 heterocycles. The normalized spacial score (nSPS) is 10.8. The second kappa shape index (κ2) is 5.85. The summed E-state index contributed by atoms with van der Waals surface area (Å²) in [7, 11) is 0. The highest BCUT2D eigenvalue weighted by atomic mass is 16.5. The lowest BCUT2D eigenvalue weighted by Crippen LogP contribution is -2.02. The lowest BCUT2D eigenvalue weighted by atomic mass is 10.1. The number of hydrogen-bond acceptors (Lipinski definition) is 5. The van der Waals surface area contributed by atoms with Gasteiger partial charge in [0.05, 0.1) is 0 Å². The molecule has 0 saturated carbocycles. The third kappa shape index (κ3) is 2.83. The lowest BCUT2D eigenvalue weighted by molar-refractivity contribution is 0.432. The van der Waals surface area contributed by atoms with Crippen molar-refractivity contribution in [3.63, 3.8) is 0 Å². The van der Waals surface area contributed by atoms with Crippen molar-refractivity contribution in [3.05, 3.63) is 53.9 Å². The first kappa shape index (κ1) is 13.5. The van der Waals surface area contributed by atoms with Crippen molar-refractivity contribution in [2.24, 2.45) is 5.73 Å². The molecule has 0 saturated heterocycles. The number of pyridine rings is 1. The van der Waals surface area contributed by atoms with E-state index in [2.05, 4.69) is 15.1 Å². The number of aromatic nitrogens is 3. The molecule has 5 nitrogen and oxygen atoms in total. The van der Waals surface area contributed by atoms with Gasteiger partial charge in [-0.25, -0.2) is 0 Å². The van der Waals surface area contributed by atoms with Gasteiger partial charge in [0.25, 0.3) is 5.89 Å². The summed E-state index contributed by atoms with van der Waals surface area (Å²) in [5.74, 6) is 1.06. The number of nitrogens with zero attached hydrogens (tertiary/aromatic N) is 3. The molecule has 0 radical (unpaired) electrons. The van der Waals surface area contributed by atoms with Gasteiger partial charge < -0.3 is 10.3 Å². The first-order valence-corrected chi connectivity index (χ1v) is 6.82. The Morgan fingerprint density at radius 1 is 1.24 bits per heavy atom. The topological polar surface area (TPSA) is 77.8 Å². The third-order valence-corrected chi connectivity index (χ3v) is 3.31. The monoisotopic (exact) mass is 280 g/mol. The maximum atomic E-state index is 5.59. The van der Waals surface area contributed by atoms with Crippen LogP contribution in [0.5, 0.6) is 0 Å². The van der Waals surface area contributed by atoms with Gasteiger partial charge in [-0.1, -0.05) is 17.3 Å². The molecule has 3 aromatic rings. The fraction of sp³-hybridized carbons (Fsp3) is 0.188. The Kier molecular flexibility index (Phi) is 3.75. The van der Waals surface area contributed by atoms with Gasteiger partial charge in [-0.05, 0) is 49.2 Å². The minimum absolute atomic E-state index is 0.507. The van der Waals surface area contributed by atoms with Crippen LogP contribution in [0.4, 0.5) is 0 Å². The van der Waals surface area contributed by atoms with Crippen LogP contribution in [0, 0.1) is 6.92 Å². The molecule has 0 aliphatic heterocycles. The van der Waals surface area contributed by atoms with Crippen LogP contribution in [0.2, 0.25) is 0 Å². The molecule has 0 aliphatic rings. The van der Waals surface area contributed by atoms with Gasteiger partial charge in [0.1, 0.15) is 0 Å². The van der Waals surface area contributed by atoms with E-state index in [9.17, 15) is 0 Å². The van der Waals surface area contributed by atoms with Crippen LogP contribution in [0.15, 0.2) is 47.2 Å². The van der Waals surface area contributed by atoms with Crippen LogP contribution in [-0.2, 0) is 6.42 Å². The molecular weight excluding hydrogens is 264 g/mol. The van der Waals surface area contributed by atoms with E-state index in [1.807, 2.05) is 37.3 Å². The van der Waals surface area contributed by atoms with Crippen LogP contribution < -0.4 is 5.73 Å². The van der Waals surface area contributed by atoms with Crippen LogP contribution in [0.3, 0.4) is 0 Å². The second-order valence-corrected chi connectivity index (χ2v) is 4.85. The van der Waals surface area contributed by atoms with E-state index in [-0.39, 0.29) is 0 Å². The highest BCUT2D eigenvalue weighted by Crippen LogP contribution is 2.24. The van der Waals surface area contributed by atoms with E-state index >= 15 is 0 Å². The summed E-state index contributed by atoms with van der Waals surface area (Å²) < 4.78 is 5.37. The molecule has 0 spiro atoms. The Balaban J connectivity index is 1.95. The van der Waals surface area contributed by atoms with Crippen LogP contribution >= 0.6 is 0 Å². The predicted octanol–water partition coefficient (Wildman–Crippen LogP) is 2.61. The summed E-state index contributed by atoms with van der Waals surface area (Å²) in [5.41, 5.74) is 9.60. The molecule has 1 aromatic carbocycles. The molecule has 2 aromatic heterocycles. The molecule has 5 heteroatoms. The zero-order chi connectivity index (χ0) is 14.7. The Morgan fingerprint density at radius 2 is 2.14 bits per heavy atom. The Hall–Kier alpha value is -2.53. The van der Waals surface area contributed by atoms with Gasteiger partial charge >= 0.3 is 0 Å². The molecule has 106 valence electrons. The Morgan fingerprint density at radius 3 is 2.95 bits per heavy atom.